The predicted molar refractivity (Wildman–Crippen MR) is 120 cm³/mol. The van der Waals surface area contributed by atoms with Crippen molar-refractivity contribution >= 4 is 18.0 Å². The van der Waals surface area contributed by atoms with E-state index in [1.54, 1.807) is 19.1 Å². The van der Waals surface area contributed by atoms with Gasteiger partial charge < -0.3 is 44.8 Å². The summed E-state index contributed by atoms with van der Waals surface area (Å²) < 4.78 is 15.9. The number of hydrogen-bond acceptors (Lipinski definition) is 10. The Bertz CT molecular complexity index is 1010. The molecule has 0 spiro atoms. The van der Waals surface area contributed by atoms with Crippen LogP contribution >= 0.6 is 0 Å². The summed E-state index contributed by atoms with van der Waals surface area (Å²) >= 11 is 0. The fourth-order valence-corrected chi connectivity index (χ4v) is 3.85. The number of aromatic hydroxyl groups is 1. The number of aliphatic carboxylic acids is 1. The zero-order valence-electron chi connectivity index (χ0n) is 18.9. The van der Waals surface area contributed by atoms with Crippen molar-refractivity contribution in [2.24, 2.45) is 0 Å². The Hall–Kier alpha value is -3.06. The number of phenols is 1. The normalized spacial score (nSPS) is 30.3. The number of carbonyl (C=O) groups is 2. The second-order valence-electron chi connectivity index (χ2n) is 8.24. The minimum Gasteiger partial charge on any atom is -0.508 e. The van der Waals surface area contributed by atoms with Gasteiger partial charge in [0, 0.05) is 6.08 Å². The van der Waals surface area contributed by atoms with Crippen molar-refractivity contribution in [2.45, 2.75) is 50.2 Å². The van der Waals surface area contributed by atoms with Gasteiger partial charge in [-0.05, 0) is 42.7 Å². The van der Waals surface area contributed by atoms with Gasteiger partial charge >= 0.3 is 11.9 Å². The SMILES string of the molecule is CC1=C(C(=O)O)/C(=C/CO[C@@H]2O[C@H](COC(=O)/C=C/c3ccc(O)cc3)[C@@H](O)[C@H](O)[C@H]2O)C(O)C1. The van der Waals surface area contributed by atoms with Crippen LogP contribution in [0.25, 0.3) is 6.08 Å². The van der Waals surface area contributed by atoms with Crippen LogP contribution in [0.1, 0.15) is 18.9 Å². The van der Waals surface area contributed by atoms with Gasteiger partial charge in [-0.3, -0.25) is 0 Å². The van der Waals surface area contributed by atoms with Crippen molar-refractivity contribution in [1.29, 1.82) is 0 Å². The molecule has 0 saturated carbocycles. The Kier molecular flexibility index (Phi) is 8.78. The topological polar surface area (TPSA) is 183 Å². The first kappa shape index (κ1) is 26.5. The molecule has 1 fully saturated rings. The zero-order valence-corrected chi connectivity index (χ0v) is 18.9. The smallest absolute Gasteiger partial charge is 0.335 e. The molecule has 1 aromatic carbocycles. The average molecular weight is 492 g/mol. The molecule has 3 rings (SSSR count). The molecule has 1 aliphatic carbocycles. The van der Waals surface area contributed by atoms with Crippen molar-refractivity contribution < 1.29 is 54.4 Å². The van der Waals surface area contributed by atoms with Crippen LogP contribution in [0.15, 0.2) is 53.1 Å². The molecule has 0 radical (unpaired) electrons. The largest absolute Gasteiger partial charge is 0.508 e. The number of ether oxygens (including phenoxy) is 3. The molecule has 0 amide bonds. The maximum absolute atomic E-state index is 12.0. The van der Waals surface area contributed by atoms with Crippen LogP contribution in [0.5, 0.6) is 5.75 Å². The van der Waals surface area contributed by atoms with E-state index in [-0.39, 0.29) is 29.9 Å². The number of hydrogen-bond donors (Lipinski definition) is 6. The van der Waals surface area contributed by atoms with Gasteiger partial charge in [0.05, 0.1) is 18.3 Å². The maximum Gasteiger partial charge on any atom is 0.335 e. The van der Waals surface area contributed by atoms with Crippen LogP contribution in [-0.4, -0.2) is 92.6 Å². The van der Waals surface area contributed by atoms with E-state index >= 15 is 0 Å². The number of aliphatic hydroxyl groups excluding tert-OH is 4. The number of carbonyl (C=O) groups excluding carboxylic acids is 1. The number of aliphatic hydroxyl groups is 4. The van der Waals surface area contributed by atoms with Crippen molar-refractivity contribution in [1.82, 2.24) is 0 Å². The first-order valence-electron chi connectivity index (χ1n) is 10.8. The van der Waals surface area contributed by atoms with Gasteiger partial charge in [0.1, 0.15) is 36.8 Å². The average Bonchev–Trinajstić information content (AvgIpc) is 3.10. The fourth-order valence-electron chi connectivity index (χ4n) is 3.85. The highest BCUT2D eigenvalue weighted by Gasteiger charge is 2.44. The Labute approximate surface area is 200 Å². The summed E-state index contributed by atoms with van der Waals surface area (Å²) in [4.78, 5) is 23.4. The molecule has 35 heavy (non-hydrogen) atoms. The Morgan fingerprint density at radius 2 is 1.77 bits per heavy atom. The van der Waals surface area contributed by atoms with Crippen LogP contribution in [0, 0.1) is 0 Å². The van der Waals surface area contributed by atoms with Crippen LogP contribution in [0.2, 0.25) is 0 Å². The molecule has 11 heteroatoms. The number of benzene rings is 1. The number of esters is 1. The summed E-state index contributed by atoms with van der Waals surface area (Å²) in [6.45, 7) is 0.892. The molecular weight excluding hydrogens is 464 g/mol. The molecule has 1 heterocycles. The number of phenolic OH excluding ortho intramolecular Hbond substituents is 1. The zero-order chi connectivity index (χ0) is 25.7. The van der Waals surface area contributed by atoms with Crippen molar-refractivity contribution in [3.05, 3.63) is 58.7 Å². The van der Waals surface area contributed by atoms with E-state index in [1.165, 1.54) is 24.3 Å². The summed E-state index contributed by atoms with van der Waals surface area (Å²) in [5, 5.41) is 59.2. The third-order valence-corrected chi connectivity index (χ3v) is 5.71. The molecular formula is C24H28O11. The van der Waals surface area contributed by atoms with Crippen molar-refractivity contribution in [3.8, 4) is 5.75 Å². The summed E-state index contributed by atoms with van der Waals surface area (Å²) in [6, 6.07) is 6.08. The van der Waals surface area contributed by atoms with Gasteiger partial charge in [-0.2, -0.15) is 0 Å². The monoisotopic (exact) mass is 492 g/mol. The van der Waals surface area contributed by atoms with E-state index < -0.39 is 55.4 Å². The number of carboxylic acids is 1. The molecule has 11 nitrogen and oxygen atoms in total. The summed E-state index contributed by atoms with van der Waals surface area (Å²) in [6.07, 6.45) is -4.39. The molecule has 190 valence electrons. The lowest BCUT2D eigenvalue weighted by Crippen LogP contribution is -2.59. The molecule has 2 aliphatic rings. The molecule has 0 aromatic heterocycles. The molecule has 6 atom stereocenters. The van der Waals surface area contributed by atoms with Gasteiger partial charge in [0.2, 0.25) is 0 Å². The van der Waals surface area contributed by atoms with E-state index in [9.17, 15) is 40.2 Å². The second kappa shape index (κ2) is 11.6. The van der Waals surface area contributed by atoms with Crippen LogP contribution in [0.3, 0.4) is 0 Å². The quantitative estimate of drug-likeness (QED) is 0.210. The highest BCUT2D eigenvalue weighted by molar-refractivity contribution is 5.94. The maximum atomic E-state index is 12.0. The standard InChI is InChI=1S/C24H28O11/c1-12-10-16(26)15(19(12)23(31)32)8-9-33-24-22(30)21(29)20(28)17(35-24)11-34-18(27)7-4-13-2-5-14(25)6-3-13/h2-8,16-17,20-22,24-26,28-30H,9-11H2,1H3,(H,31,32)/b7-4+,15-8+/t16?,17-,20-,21+,22-,24-/m1/s1. The first-order chi connectivity index (χ1) is 16.6. The number of carboxylic acid groups (broad SMARTS) is 1. The lowest BCUT2D eigenvalue weighted by molar-refractivity contribution is -0.299. The van der Waals surface area contributed by atoms with E-state index in [1.807, 2.05) is 0 Å². The second-order valence-corrected chi connectivity index (χ2v) is 8.24. The van der Waals surface area contributed by atoms with Crippen molar-refractivity contribution in [2.75, 3.05) is 13.2 Å². The van der Waals surface area contributed by atoms with E-state index in [0.29, 0.717) is 11.1 Å². The summed E-state index contributed by atoms with van der Waals surface area (Å²) in [5.74, 6) is -1.86. The summed E-state index contributed by atoms with van der Waals surface area (Å²) in [5.41, 5.74) is 1.32. The van der Waals surface area contributed by atoms with Crippen LogP contribution in [0.4, 0.5) is 0 Å². The van der Waals surface area contributed by atoms with Crippen LogP contribution < -0.4 is 0 Å². The molecule has 1 aliphatic heterocycles. The summed E-state index contributed by atoms with van der Waals surface area (Å²) in [7, 11) is 0. The Morgan fingerprint density at radius 3 is 2.43 bits per heavy atom. The molecule has 0 bridgehead atoms. The minimum atomic E-state index is -1.66. The molecule has 1 saturated heterocycles. The lowest BCUT2D eigenvalue weighted by Gasteiger charge is -2.39. The van der Waals surface area contributed by atoms with E-state index in [4.69, 9.17) is 14.2 Å². The van der Waals surface area contributed by atoms with Gasteiger partial charge in [-0.25, -0.2) is 9.59 Å². The molecule has 1 unspecified atom stereocenters. The van der Waals surface area contributed by atoms with Gasteiger partial charge in [0.15, 0.2) is 6.29 Å². The van der Waals surface area contributed by atoms with Gasteiger partial charge in [-0.15, -0.1) is 0 Å². The third-order valence-electron chi connectivity index (χ3n) is 5.71. The lowest BCUT2D eigenvalue weighted by atomic mass is 9.99. The third kappa shape index (κ3) is 6.54. The predicted octanol–water partition coefficient (Wildman–Crippen LogP) is -0.135. The Balaban J connectivity index is 1.57. The van der Waals surface area contributed by atoms with E-state index in [0.717, 1.165) is 6.08 Å². The highest BCUT2D eigenvalue weighted by Crippen LogP contribution is 2.32. The van der Waals surface area contributed by atoms with Crippen molar-refractivity contribution in [3.63, 3.8) is 0 Å². The minimum absolute atomic E-state index is 0.00758. The van der Waals surface area contributed by atoms with E-state index in [2.05, 4.69) is 0 Å². The highest BCUT2D eigenvalue weighted by atomic mass is 16.7. The first-order valence-corrected chi connectivity index (χ1v) is 10.8. The fraction of sp³-hybridized carbons (Fsp3) is 0.417. The number of rotatable bonds is 8. The molecule has 6 N–H and O–H groups in total. The molecule has 1 aromatic rings. The van der Waals surface area contributed by atoms with Gasteiger partial charge in [-0.1, -0.05) is 23.8 Å². The van der Waals surface area contributed by atoms with Gasteiger partial charge in [0.25, 0.3) is 0 Å². The Morgan fingerprint density at radius 1 is 1.09 bits per heavy atom. The van der Waals surface area contributed by atoms with Crippen LogP contribution in [-0.2, 0) is 23.8 Å².